The Morgan fingerprint density at radius 3 is 3.17 bits per heavy atom. The maximum Gasteiger partial charge on any atom is 0.126 e. The SMILES string of the molecule is Oc1cccc2c1=CN=CCN=2. The Balaban J connectivity index is 2.87. The minimum Gasteiger partial charge on any atom is -0.507 e. The first kappa shape index (κ1) is 7.03. The minimum atomic E-state index is 0.232. The van der Waals surface area contributed by atoms with E-state index in [2.05, 4.69) is 9.98 Å². The molecule has 1 N–H and O–H groups in total. The second kappa shape index (κ2) is 2.77. The third-order valence-electron chi connectivity index (χ3n) is 1.71. The molecule has 0 unspecified atom stereocenters. The van der Waals surface area contributed by atoms with Gasteiger partial charge in [-0.2, -0.15) is 0 Å². The molecule has 0 aromatic heterocycles. The van der Waals surface area contributed by atoms with Gasteiger partial charge < -0.3 is 5.11 Å². The van der Waals surface area contributed by atoms with Crippen LogP contribution in [0.4, 0.5) is 0 Å². The molecule has 1 aromatic carbocycles. The number of phenolic OH excluding ortho intramolecular Hbond substituents is 1. The van der Waals surface area contributed by atoms with Gasteiger partial charge in [0, 0.05) is 12.4 Å². The Kier molecular flexibility index (Phi) is 1.63. The molecule has 0 aliphatic carbocycles. The van der Waals surface area contributed by atoms with Crippen LogP contribution in [0.1, 0.15) is 0 Å². The van der Waals surface area contributed by atoms with Gasteiger partial charge in [0.1, 0.15) is 5.75 Å². The van der Waals surface area contributed by atoms with Gasteiger partial charge in [-0.05, 0) is 12.1 Å². The molecule has 0 amide bonds. The molecular weight excluding hydrogens is 152 g/mol. The first-order valence-corrected chi connectivity index (χ1v) is 3.72. The molecule has 1 aliphatic rings. The number of rotatable bonds is 0. The Morgan fingerprint density at radius 1 is 1.33 bits per heavy atom. The molecule has 0 spiro atoms. The van der Waals surface area contributed by atoms with Crippen molar-refractivity contribution in [3.63, 3.8) is 0 Å². The van der Waals surface area contributed by atoms with Crippen molar-refractivity contribution in [2.45, 2.75) is 0 Å². The topological polar surface area (TPSA) is 45.0 Å². The summed E-state index contributed by atoms with van der Waals surface area (Å²) in [7, 11) is 0. The van der Waals surface area contributed by atoms with E-state index in [1.807, 2.05) is 6.07 Å². The molecule has 12 heavy (non-hydrogen) atoms. The highest BCUT2D eigenvalue weighted by atomic mass is 16.3. The minimum absolute atomic E-state index is 0.232. The highest BCUT2D eigenvalue weighted by Crippen LogP contribution is 1.95. The molecular formula is C9H8N2O. The first-order valence-electron chi connectivity index (χ1n) is 3.72. The molecule has 0 bridgehead atoms. The first-order chi connectivity index (χ1) is 5.88. The Hall–Kier alpha value is -1.64. The van der Waals surface area contributed by atoms with E-state index in [1.165, 1.54) is 0 Å². The zero-order valence-corrected chi connectivity index (χ0v) is 6.44. The van der Waals surface area contributed by atoms with Crippen LogP contribution in [-0.4, -0.2) is 17.9 Å². The Morgan fingerprint density at radius 2 is 2.25 bits per heavy atom. The highest BCUT2D eigenvalue weighted by Gasteiger charge is 1.94. The van der Waals surface area contributed by atoms with Crippen LogP contribution in [0.5, 0.6) is 5.75 Å². The van der Waals surface area contributed by atoms with E-state index < -0.39 is 0 Å². The van der Waals surface area contributed by atoms with Crippen molar-refractivity contribution < 1.29 is 5.11 Å². The maximum absolute atomic E-state index is 9.42. The maximum atomic E-state index is 9.42. The van der Waals surface area contributed by atoms with E-state index in [0.29, 0.717) is 11.8 Å². The summed E-state index contributed by atoms with van der Waals surface area (Å²) in [5.41, 5.74) is 0. The molecule has 0 atom stereocenters. The van der Waals surface area contributed by atoms with Crippen molar-refractivity contribution in [2.24, 2.45) is 9.98 Å². The summed E-state index contributed by atoms with van der Waals surface area (Å²) in [6.45, 7) is 0.576. The van der Waals surface area contributed by atoms with Gasteiger partial charge in [0.15, 0.2) is 0 Å². The molecule has 0 fully saturated rings. The van der Waals surface area contributed by atoms with Crippen molar-refractivity contribution in [1.82, 2.24) is 0 Å². The van der Waals surface area contributed by atoms with Gasteiger partial charge in [0.25, 0.3) is 0 Å². The van der Waals surface area contributed by atoms with E-state index >= 15 is 0 Å². The van der Waals surface area contributed by atoms with Gasteiger partial charge in [0.05, 0.1) is 17.1 Å². The van der Waals surface area contributed by atoms with Crippen LogP contribution < -0.4 is 10.6 Å². The van der Waals surface area contributed by atoms with Gasteiger partial charge in [-0.25, -0.2) is 0 Å². The average molecular weight is 160 g/mol. The highest BCUT2D eigenvalue weighted by molar-refractivity contribution is 5.64. The van der Waals surface area contributed by atoms with Gasteiger partial charge in [-0.1, -0.05) is 6.07 Å². The monoisotopic (exact) mass is 160 g/mol. The number of phenols is 1. The lowest BCUT2D eigenvalue weighted by molar-refractivity contribution is 0.470. The molecule has 3 heteroatoms. The predicted octanol–water partition coefficient (Wildman–Crippen LogP) is -0.166. The quantitative estimate of drug-likeness (QED) is 0.563. The van der Waals surface area contributed by atoms with Crippen molar-refractivity contribution in [1.29, 1.82) is 0 Å². The summed E-state index contributed by atoms with van der Waals surface area (Å²) in [6, 6.07) is 5.27. The number of aromatic hydroxyl groups is 1. The zero-order valence-electron chi connectivity index (χ0n) is 6.44. The van der Waals surface area contributed by atoms with Crippen LogP contribution in [-0.2, 0) is 0 Å². The van der Waals surface area contributed by atoms with E-state index in [1.54, 1.807) is 24.5 Å². The molecule has 0 saturated heterocycles. The summed E-state index contributed by atoms with van der Waals surface area (Å²) in [5.74, 6) is 0.232. The fraction of sp³-hybridized carbons (Fsp3) is 0.111. The normalized spacial score (nSPS) is 14.0. The second-order valence-corrected chi connectivity index (χ2v) is 2.51. The number of benzene rings is 1. The number of hydrogen-bond donors (Lipinski definition) is 1. The lowest BCUT2D eigenvalue weighted by atomic mass is 10.2. The van der Waals surface area contributed by atoms with Crippen LogP contribution in [0.2, 0.25) is 0 Å². The zero-order chi connectivity index (χ0) is 8.39. The van der Waals surface area contributed by atoms with E-state index in [4.69, 9.17) is 0 Å². The molecule has 3 nitrogen and oxygen atoms in total. The predicted molar refractivity (Wildman–Crippen MR) is 46.7 cm³/mol. The van der Waals surface area contributed by atoms with Crippen molar-refractivity contribution >= 4 is 12.4 Å². The van der Waals surface area contributed by atoms with Crippen LogP contribution in [0.25, 0.3) is 6.20 Å². The summed E-state index contributed by atoms with van der Waals surface area (Å²) in [5, 5.41) is 10.9. The summed E-state index contributed by atoms with van der Waals surface area (Å²) in [6.07, 6.45) is 3.33. The van der Waals surface area contributed by atoms with Gasteiger partial charge >= 0.3 is 0 Å². The molecule has 2 rings (SSSR count). The van der Waals surface area contributed by atoms with Crippen LogP contribution in [0, 0.1) is 0 Å². The van der Waals surface area contributed by atoms with E-state index in [-0.39, 0.29) is 5.75 Å². The van der Waals surface area contributed by atoms with Gasteiger partial charge in [-0.15, -0.1) is 0 Å². The fourth-order valence-corrected chi connectivity index (χ4v) is 1.12. The van der Waals surface area contributed by atoms with Crippen LogP contribution in [0.15, 0.2) is 28.2 Å². The molecule has 60 valence electrons. The summed E-state index contributed by atoms with van der Waals surface area (Å²) >= 11 is 0. The fourth-order valence-electron chi connectivity index (χ4n) is 1.12. The molecule has 1 aromatic rings. The molecule has 0 saturated carbocycles. The number of aliphatic imine (C=N–C) groups is 1. The average Bonchev–Trinajstić information content (AvgIpc) is 2.30. The molecule has 0 radical (unpaired) electrons. The van der Waals surface area contributed by atoms with Gasteiger partial charge in [0.2, 0.25) is 0 Å². The molecule has 1 heterocycles. The second-order valence-electron chi connectivity index (χ2n) is 2.51. The standard InChI is InChI=1S/C9H8N2O/c12-9-3-1-2-8-7(9)6-10-4-5-11-8/h1-4,6,12H,5H2. The lowest BCUT2D eigenvalue weighted by Gasteiger charge is -1.91. The Bertz CT molecular complexity index is 434. The smallest absolute Gasteiger partial charge is 0.126 e. The van der Waals surface area contributed by atoms with E-state index in [9.17, 15) is 5.11 Å². The Labute approximate surface area is 69.4 Å². The lowest BCUT2D eigenvalue weighted by Crippen LogP contribution is -2.24. The molecule has 1 aliphatic heterocycles. The van der Waals surface area contributed by atoms with Gasteiger partial charge in [-0.3, -0.25) is 9.98 Å². The number of hydrogen-bond acceptors (Lipinski definition) is 3. The largest absolute Gasteiger partial charge is 0.507 e. The number of nitrogens with zero attached hydrogens (tertiary/aromatic N) is 2. The van der Waals surface area contributed by atoms with Crippen molar-refractivity contribution in [2.75, 3.05) is 6.54 Å². The third kappa shape index (κ3) is 1.09. The number of fused-ring (bicyclic) bond motifs is 1. The van der Waals surface area contributed by atoms with Crippen molar-refractivity contribution in [3.05, 3.63) is 28.8 Å². The van der Waals surface area contributed by atoms with Crippen LogP contribution in [0.3, 0.4) is 0 Å². The third-order valence-corrected chi connectivity index (χ3v) is 1.71. The van der Waals surface area contributed by atoms with Crippen molar-refractivity contribution in [3.8, 4) is 5.75 Å². The van der Waals surface area contributed by atoms with E-state index in [0.717, 1.165) is 5.36 Å². The summed E-state index contributed by atoms with van der Waals surface area (Å²) < 4.78 is 0. The van der Waals surface area contributed by atoms with Crippen LogP contribution >= 0.6 is 0 Å². The summed E-state index contributed by atoms with van der Waals surface area (Å²) in [4.78, 5) is 8.18.